The summed E-state index contributed by atoms with van der Waals surface area (Å²) in [6.07, 6.45) is 0. The third-order valence-corrected chi connectivity index (χ3v) is 12.6. The molecular weight excluding hydrogens is 677 g/mol. The van der Waals surface area contributed by atoms with Gasteiger partial charge >= 0.3 is 0 Å². The van der Waals surface area contributed by atoms with E-state index in [-0.39, 0.29) is 5.41 Å². The van der Waals surface area contributed by atoms with E-state index in [1.54, 1.807) is 0 Å². The van der Waals surface area contributed by atoms with Crippen LogP contribution in [0.25, 0.3) is 110 Å². The van der Waals surface area contributed by atoms with Crippen molar-refractivity contribution in [3.8, 4) is 44.5 Å². The molecule has 0 unspecified atom stereocenters. The monoisotopic (exact) mass is 712 g/mol. The molecule has 1 nitrogen and oxygen atoms in total. The van der Waals surface area contributed by atoms with Crippen LogP contribution in [-0.2, 0) is 5.41 Å². The first-order valence-electron chi connectivity index (χ1n) is 19.6. The average Bonchev–Trinajstić information content (AvgIpc) is 3.72. The van der Waals surface area contributed by atoms with Crippen LogP contribution in [0.1, 0.15) is 25.0 Å². The predicted molar refractivity (Wildman–Crippen MR) is 238 cm³/mol. The zero-order valence-corrected chi connectivity index (χ0v) is 31.2. The fourth-order valence-electron chi connectivity index (χ4n) is 9.88. The lowest BCUT2D eigenvalue weighted by Crippen LogP contribution is -2.15. The molecule has 12 rings (SSSR count). The van der Waals surface area contributed by atoms with Crippen LogP contribution in [0.2, 0.25) is 0 Å². The molecule has 56 heavy (non-hydrogen) atoms. The molecule has 0 radical (unpaired) electrons. The van der Waals surface area contributed by atoms with Crippen molar-refractivity contribution in [1.82, 2.24) is 0 Å². The van der Waals surface area contributed by atoms with Gasteiger partial charge in [-0.05, 0) is 129 Å². The molecule has 1 aliphatic rings. The van der Waals surface area contributed by atoms with Crippen LogP contribution < -0.4 is 0 Å². The van der Waals surface area contributed by atoms with Gasteiger partial charge in [0, 0.05) is 16.2 Å². The molecule has 10 aromatic carbocycles. The van der Waals surface area contributed by atoms with Crippen molar-refractivity contribution in [2.75, 3.05) is 0 Å². The Balaban J connectivity index is 0.973. The minimum atomic E-state index is -0.137. The van der Waals surface area contributed by atoms with Crippen molar-refractivity contribution in [3.63, 3.8) is 0 Å². The molecule has 0 atom stereocenters. The van der Waals surface area contributed by atoms with Gasteiger partial charge < -0.3 is 4.42 Å². The molecule has 0 N–H and O–H groups in total. The summed E-state index contributed by atoms with van der Waals surface area (Å²) in [5.41, 5.74) is 14.6. The van der Waals surface area contributed by atoms with E-state index in [9.17, 15) is 0 Å². The Labute approximate surface area is 325 Å². The van der Waals surface area contributed by atoms with Crippen LogP contribution in [-0.4, -0.2) is 0 Å². The summed E-state index contributed by atoms with van der Waals surface area (Å²) < 4.78 is 6.37. The van der Waals surface area contributed by atoms with Gasteiger partial charge in [-0.3, -0.25) is 0 Å². The Bertz CT molecular complexity index is 3370. The van der Waals surface area contributed by atoms with Gasteiger partial charge in [-0.2, -0.15) is 0 Å². The van der Waals surface area contributed by atoms with Crippen molar-refractivity contribution >= 4 is 65.0 Å². The lowest BCUT2D eigenvalue weighted by atomic mass is 9.81. The van der Waals surface area contributed by atoms with E-state index < -0.39 is 0 Å². The normalized spacial score (nSPS) is 13.3. The zero-order valence-electron chi connectivity index (χ0n) is 31.2. The van der Waals surface area contributed by atoms with Crippen LogP contribution in [0.15, 0.2) is 186 Å². The molecule has 0 amide bonds. The standard InChI is InChI=1S/C55H36O/c1-55(2)48-28-26-38-30-47-40-13-9-10-18-50(40)56-51(47)32-46(38)54(48)45-27-25-37(31-49(45)55)34-19-22-35(23-20-34)52-41-14-5-7-16-43(41)53(44-17-8-6-15-42(44)52)39-24-21-33-11-3-4-12-36(33)29-39/h3-32H,1-2H3. The Hall–Kier alpha value is -6.96. The second-order valence-electron chi connectivity index (χ2n) is 16.0. The largest absolute Gasteiger partial charge is 0.456 e. The Morgan fingerprint density at radius 1 is 0.321 bits per heavy atom. The summed E-state index contributed by atoms with van der Waals surface area (Å²) in [5, 5.41) is 12.4. The molecule has 0 aliphatic heterocycles. The first kappa shape index (κ1) is 31.4. The van der Waals surface area contributed by atoms with Crippen LogP contribution in [0.4, 0.5) is 0 Å². The average molecular weight is 713 g/mol. The maximum atomic E-state index is 6.37. The van der Waals surface area contributed by atoms with Gasteiger partial charge in [-0.1, -0.05) is 166 Å². The summed E-state index contributed by atoms with van der Waals surface area (Å²) in [7, 11) is 0. The SMILES string of the molecule is CC1(C)c2cc(-c3ccc(-c4c5ccccc5c(-c5ccc6ccccc6c5)c5ccccc45)cc3)ccc2-c2c1ccc1cc3c(cc21)oc1ccccc13. The third-order valence-electron chi connectivity index (χ3n) is 12.6. The number of furan rings is 1. The number of rotatable bonds is 3. The van der Waals surface area contributed by atoms with Crippen LogP contribution >= 0.6 is 0 Å². The summed E-state index contributed by atoms with van der Waals surface area (Å²) in [6, 6.07) is 67.2. The fraction of sp³-hybridized carbons (Fsp3) is 0.0545. The summed E-state index contributed by atoms with van der Waals surface area (Å²) in [4.78, 5) is 0. The lowest BCUT2D eigenvalue weighted by Gasteiger charge is -2.22. The fourth-order valence-corrected chi connectivity index (χ4v) is 9.88. The zero-order chi connectivity index (χ0) is 37.1. The Morgan fingerprint density at radius 2 is 0.893 bits per heavy atom. The van der Waals surface area contributed by atoms with Crippen molar-refractivity contribution in [3.05, 3.63) is 193 Å². The van der Waals surface area contributed by atoms with Crippen LogP contribution in [0, 0.1) is 0 Å². The molecule has 1 aliphatic carbocycles. The predicted octanol–water partition coefficient (Wildman–Crippen LogP) is 15.5. The van der Waals surface area contributed by atoms with Crippen LogP contribution in [0.3, 0.4) is 0 Å². The maximum Gasteiger partial charge on any atom is 0.136 e. The minimum Gasteiger partial charge on any atom is -0.456 e. The third kappa shape index (κ3) is 4.43. The first-order valence-corrected chi connectivity index (χ1v) is 19.6. The van der Waals surface area contributed by atoms with E-state index >= 15 is 0 Å². The van der Waals surface area contributed by atoms with E-state index in [2.05, 4.69) is 190 Å². The van der Waals surface area contributed by atoms with Crippen molar-refractivity contribution in [2.24, 2.45) is 0 Å². The van der Waals surface area contributed by atoms with Gasteiger partial charge in [0.1, 0.15) is 11.2 Å². The van der Waals surface area contributed by atoms with E-state index in [1.807, 2.05) is 6.07 Å². The highest BCUT2D eigenvalue weighted by Gasteiger charge is 2.37. The molecular formula is C55H36O. The molecule has 1 aromatic heterocycles. The molecule has 0 spiro atoms. The topological polar surface area (TPSA) is 13.1 Å². The van der Waals surface area contributed by atoms with Crippen LogP contribution in [0.5, 0.6) is 0 Å². The number of benzene rings is 10. The van der Waals surface area contributed by atoms with Crippen molar-refractivity contribution in [2.45, 2.75) is 19.3 Å². The molecule has 11 aromatic rings. The first-order chi connectivity index (χ1) is 27.5. The van der Waals surface area contributed by atoms with Gasteiger partial charge in [-0.15, -0.1) is 0 Å². The number of hydrogen-bond acceptors (Lipinski definition) is 1. The van der Waals surface area contributed by atoms with E-state index in [4.69, 9.17) is 4.42 Å². The van der Waals surface area contributed by atoms with Gasteiger partial charge in [-0.25, -0.2) is 0 Å². The highest BCUT2D eigenvalue weighted by atomic mass is 16.3. The van der Waals surface area contributed by atoms with Gasteiger partial charge in [0.05, 0.1) is 0 Å². The number of para-hydroxylation sites is 1. The molecule has 0 fully saturated rings. The maximum absolute atomic E-state index is 6.37. The Morgan fingerprint density at radius 3 is 1.62 bits per heavy atom. The Kier molecular flexibility index (Phi) is 6.46. The summed E-state index contributed by atoms with van der Waals surface area (Å²) >= 11 is 0. The van der Waals surface area contributed by atoms with E-state index in [0.717, 1.165) is 11.2 Å². The van der Waals surface area contributed by atoms with Gasteiger partial charge in [0.25, 0.3) is 0 Å². The van der Waals surface area contributed by atoms with Gasteiger partial charge in [0.2, 0.25) is 0 Å². The molecule has 1 heteroatoms. The molecule has 0 saturated heterocycles. The lowest BCUT2D eigenvalue weighted by molar-refractivity contribution is 0.661. The molecule has 0 saturated carbocycles. The number of fused-ring (bicyclic) bond motifs is 11. The minimum absolute atomic E-state index is 0.137. The highest BCUT2D eigenvalue weighted by Crippen LogP contribution is 2.53. The second-order valence-corrected chi connectivity index (χ2v) is 16.0. The van der Waals surface area contributed by atoms with E-state index in [1.165, 1.54) is 109 Å². The summed E-state index contributed by atoms with van der Waals surface area (Å²) in [5.74, 6) is 0. The number of hydrogen-bond donors (Lipinski definition) is 0. The summed E-state index contributed by atoms with van der Waals surface area (Å²) in [6.45, 7) is 4.74. The second kappa shape index (κ2) is 11.5. The van der Waals surface area contributed by atoms with Crippen molar-refractivity contribution < 1.29 is 4.42 Å². The smallest absolute Gasteiger partial charge is 0.136 e. The molecule has 262 valence electrons. The quantitative estimate of drug-likeness (QED) is 0.166. The van der Waals surface area contributed by atoms with E-state index in [0.29, 0.717) is 0 Å². The van der Waals surface area contributed by atoms with Crippen molar-refractivity contribution in [1.29, 1.82) is 0 Å². The molecule has 0 bridgehead atoms. The molecule has 1 heterocycles. The highest BCUT2D eigenvalue weighted by molar-refractivity contribution is 6.22. The van der Waals surface area contributed by atoms with Gasteiger partial charge in [0.15, 0.2) is 0 Å².